The third-order valence-electron chi connectivity index (χ3n) is 5.86. The molecule has 0 N–H and O–H groups in total. The van der Waals surface area contributed by atoms with E-state index in [9.17, 15) is 4.79 Å². The molecule has 0 saturated carbocycles. The lowest BCUT2D eigenvalue weighted by Crippen LogP contribution is -2.38. The second-order valence-corrected chi connectivity index (χ2v) is 8.01. The van der Waals surface area contributed by atoms with Crippen LogP contribution >= 0.6 is 0 Å². The van der Waals surface area contributed by atoms with Gasteiger partial charge >= 0.3 is 5.97 Å². The Hall–Kier alpha value is -2.57. The first-order valence-corrected chi connectivity index (χ1v) is 11.4. The summed E-state index contributed by atoms with van der Waals surface area (Å²) in [6.45, 7) is 5.17. The Labute approximate surface area is 191 Å². The van der Waals surface area contributed by atoms with Crippen LogP contribution in [0.3, 0.4) is 0 Å². The lowest BCUT2D eigenvalue weighted by Gasteiger charge is -2.34. The zero-order valence-electron chi connectivity index (χ0n) is 19.4. The standard InChI is InChI=1S/C26H35NO5/c1-4-31-25(28)6-5-17-27-18-15-24(16-19-27)32-26(20-7-11-22(29-2)12-8-20)21-9-13-23(30-3)14-10-21/h7-14,24,26H,4-6,15-19H2,1-3H3. The van der Waals surface area contributed by atoms with Gasteiger partial charge in [-0.3, -0.25) is 4.79 Å². The van der Waals surface area contributed by atoms with Crippen molar-refractivity contribution in [2.24, 2.45) is 0 Å². The maximum Gasteiger partial charge on any atom is 0.305 e. The molecular weight excluding hydrogens is 406 g/mol. The lowest BCUT2D eigenvalue weighted by atomic mass is 9.99. The highest BCUT2D eigenvalue weighted by Crippen LogP contribution is 2.32. The molecule has 6 heteroatoms. The summed E-state index contributed by atoms with van der Waals surface area (Å²) in [5.74, 6) is 1.56. The van der Waals surface area contributed by atoms with Gasteiger partial charge in [0.15, 0.2) is 0 Å². The van der Waals surface area contributed by atoms with Crippen LogP contribution in [-0.2, 0) is 14.3 Å². The smallest absolute Gasteiger partial charge is 0.305 e. The summed E-state index contributed by atoms with van der Waals surface area (Å²) >= 11 is 0. The molecule has 2 aromatic rings. The molecule has 0 bridgehead atoms. The van der Waals surface area contributed by atoms with Gasteiger partial charge in [-0.25, -0.2) is 0 Å². The molecule has 0 aliphatic carbocycles. The predicted molar refractivity (Wildman–Crippen MR) is 124 cm³/mol. The van der Waals surface area contributed by atoms with Gasteiger partial charge in [-0.1, -0.05) is 24.3 Å². The fraction of sp³-hybridized carbons (Fsp3) is 0.500. The van der Waals surface area contributed by atoms with E-state index in [1.54, 1.807) is 14.2 Å². The molecule has 6 nitrogen and oxygen atoms in total. The molecule has 1 aliphatic heterocycles. The number of ether oxygens (including phenoxy) is 4. The summed E-state index contributed by atoms with van der Waals surface area (Å²) in [5, 5.41) is 0. The van der Waals surface area contributed by atoms with Gasteiger partial charge in [0.05, 0.1) is 26.9 Å². The van der Waals surface area contributed by atoms with Crippen molar-refractivity contribution in [2.75, 3.05) is 40.5 Å². The second-order valence-electron chi connectivity index (χ2n) is 8.01. The maximum absolute atomic E-state index is 11.5. The molecule has 0 aromatic heterocycles. The highest BCUT2D eigenvalue weighted by molar-refractivity contribution is 5.69. The van der Waals surface area contributed by atoms with Crippen LogP contribution in [0.5, 0.6) is 11.5 Å². The first-order valence-electron chi connectivity index (χ1n) is 11.4. The zero-order chi connectivity index (χ0) is 22.8. The minimum absolute atomic E-state index is 0.104. The molecule has 0 radical (unpaired) electrons. The summed E-state index contributed by atoms with van der Waals surface area (Å²) in [6.07, 6.45) is 3.31. The van der Waals surface area contributed by atoms with Gasteiger partial charge in [0.2, 0.25) is 0 Å². The fourth-order valence-corrected chi connectivity index (χ4v) is 4.05. The lowest BCUT2D eigenvalue weighted by molar-refractivity contribution is -0.143. The number of piperidine rings is 1. The Morgan fingerprint density at radius 3 is 1.94 bits per heavy atom. The quantitative estimate of drug-likeness (QED) is 0.475. The number of benzene rings is 2. The fourth-order valence-electron chi connectivity index (χ4n) is 4.05. The molecule has 3 rings (SSSR count). The van der Waals surface area contributed by atoms with Crippen molar-refractivity contribution in [3.63, 3.8) is 0 Å². The first-order chi connectivity index (χ1) is 15.6. The Bertz CT molecular complexity index is 766. The molecule has 174 valence electrons. The third kappa shape index (κ3) is 6.97. The summed E-state index contributed by atoms with van der Waals surface area (Å²) < 4.78 is 22.3. The van der Waals surface area contributed by atoms with E-state index in [0.29, 0.717) is 13.0 Å². The molecule has 1 heterocycles. The average molecular weight is 442 g/mol. The summed E-state index contributed by atoms with van der Waals surface area (Å²) in [6, 6.07) is 16.2. The Morgan fingerprint density at radius 1 is 0.938 bits per heavy atom. The number of esters is 1. The van der Waals surface area contributed by atoms with Crippen molar-refractivity contribution in [1.82, 2.24) is 4.90 Å². The van der Waals surface area contributed by atoms with Gasteiger partial charge in [0.1, 0.15) is 17.6 Å². The number of carbonyl (C=O) groups is 1. The molecule has 0 spiro atoms. The van der Waals surface area contributed by atoms with Gasteiger partial charge in [-0.05, 0) is 68.1 Å². The molecular formula is C26H35NO5. The molecule has 1 fully saturated rings. The number of likely N-dealkylation sites (tertiary alicyclic amines) is 1. The van der Waals surface area contributed by atoms with E-state index in [2.05, 4.69) is 29.2 Å². The highest BCUT2D eigenvalue weighted by atomic mass is 16.5. The van der Waals surface area contributed by atoms with Crippen LogP contribution in [0.2, 0.25) is 0 Å². The minimum Gasteiger partial charge on any atom is -0.497 e. The SMILES string of the molecule is CCOC(=O)CCCN1CCC(OC(c2ccc(OC)cc2)c2ccc(OC)cc2)CC1. The number of hydrogen-bond acceptors (Lipinski definition) is 6. The van der Waals surface area contributed by atoms with E-state index in [4.69, 9.17) is 18.9 Å². The van der Waals surface area contributed by atoms with Crippen molar-refractivity contribution in [1.29, 1.82) is 0 Å². The van der Waals surface area contributed by atoms with Crippen LogP contribution in [0.15, 0.2) is 48.5 Å². The zero-order valence-corrected chi connectivity index (χ0v) is 19.4. The molecule has 32 heavy (non-hydrogen) atoms. The normalized spacial score (nSPS) is 15.0. The molecule has 0 amide bonds. The van der Waals surface area contributed by atoms with Gasteiger partial charge < -0.3 is 23.8 Å². The molecule has 1 saturated heterocycles. The topological polar surface area (TPSA) is 57.2 Å². The van der Waals surface area contributed by atoms with Crippen LogP contribution in [0.25, 0.3) is 0 Å². The van der Waals surface area contributed by atoms with Crippen LogP contribution in [0.1, 0.15) is 49.8 Å². The first kappa shape index (κ1) is 24.1. The minimum atomic E-state index is -0.146. The molecule has 2 aromatic carbocycles. The maximum atomic E-state index is 11.5. The van der Waals surface area contributed by atoms with Crippen LogP contribution in [0, 0.1) is 0 Å². The predicted octanol–water partition coefficient (Wildman–Crippen LogP) is 4.62. The molecule has 0 unspecified atom stereocenters. The number of hydrogen-bond donors (Lipinski definition) is 0. The molecule has 1 aliphatic rings. The van der Waals surface area contributed by atoms with Crippen molar-refractivity contribution in [3.8, 4) is 11.5 Å². The van der Waals surface area contributed by atoms with Crippen LogP contribution < -0.4 is 9.47 Å². The van der Waals surface area contributed by atoms with Crippen molar-refractivity contribution < 1.29 is 23.7 Å². The van der Waals surface area contributed by atoms with E-state index in [-0.39, 0.29) is 18.2 Å². The Kier molecular flexibility index (Phi) is 9.38. The molecule has 0 atom stereocenters. The van der Waals surface area contributed by atoms with E-state index < -0.39 is 0 Å². The third-order valence-corrected chi connectivity index (χ3v) is 5.86. The second kappa shape index (κ2) is 12.5. The van der Waals surface area contributed by atoms with E-state index >= 15 is 0 Å². The van der Waals surface area contributed by atoms with Gasteiger partial charge in [0.25, 0.3) is 0 Å². The van der Waals surface area contributed by atoms with E-state index in [0.717, 1.165) is 61.5 Å². The van der Waals surface area contributed by atoms with Crippen molar-refractivity contribution >= 4 is 5.97 Å². The van der Waals surface area contributed by atoms with Gasteiger partial charge in [0, 0.05) is 19.5 Å². The van der Waals surface area contributed by atoms with Gasteiger partial charge in [-0.15, -0.1) is 0 Å². The number of methoxy groups -OCH3 is 2. The van der Waals surface area contributed by atoms with Gasteiger partial charge in [-0.2, -0.15) is 0 Å². The Balaban J connectivity index is 1.59. The summed E-state index contributed by atoms with van der Waals surface area (Å²) in [4.78, 5) is 13.9. The van der Waals surface area contributed by atoms with Crippen LogP contribution in [0.4, 0.5) is 0 Å². The van der Waals surface area contributed by atoms with E-state index in [1.807, 2.05) is 31.2 Å². The highest BCUT2D eigenvalue weighted by Gasteiger charge is 2.25. The Morgan fingerprint density at radius 2 is 1.47 bits per heavy atom. The summed E-state index contributed by atoms with van der Waals surface area (Å²) in [5.41, 5.74) is 2.21. The summed E-state index contributed by atoms with van der Waals surface area (Å²) in [7, 11) is 3.35. The number of nitrogens with zero attached hydrogens (tertiary/aromatic N) is 1. The van der Waals surface area contributed by atoms with Crippen LogP contribution in [-0.4, -0.2) is 57.4 Å². The van der Waals surface area contributed by atoms with E-state index in [1.165, 1.54) is 0 Å². The number of rotatable bonds is 11. The van der Waals surface area contributed by atoms with Crippen molar-refractivity contribution in [2.45, 2.75) is 44.8 Å². The monoisotopic (exact) mass is 441 g/mol. The largest absolute Gasteiger partial charge is 0.497 e. The average Bonchev–Trinajstić information content (AvgIpc) is 2.84. The van der Waals surface area contributed by atoms with Crippen molar-refractivity contribution in [3.05, 3.63) is 59.7 Å². The number of carbonyl (C=O) groups excluding carboxylic acids is 1.